The van der Waals surface area contributed by atoms with Gasteiger partial charge < -0.3 is 19.3 Å². The molecule has 11 heteroatoms. The van der Waals surface area contributed by atoms with Crippen LogP contribution in [0.2, 0.25) is 0 Å². The van der Waals surface area contributed by atoms with Gasteiger partial charge >= 0.3 is 0 Å². The van der Waals surface area contributed by atoms with Crippen LogP contribution < -0.4 is 9.47 Å². The Morgan fingerprint density at radius 1 is 1.05 bits per heavy atom. The van der Waals surface area contributed by atoms with Gasteiger partial charge in [-0.05, 0) is 49.9 Å². The van der Waals surface area contributed by atoms with E-state index in [1.165, 1.54) is 24.4 Å². The van der Waals surface area contributed by atoms with E-state index in [1.54, 1.807) is 31.5 Å². The molecule has 0 unspecified atom stereocenters. The Hall–Kier alpha value is -3.98. The largest absolute Gasteiger partial charge is 0.493 e. The van der Waals surface area contributed by atoms with Crippen LogP contribution in [-0.2, 0) is 10.0 Å². The maximum absolute atomic E-state index is 13.1. The molecule has 0 spiro atoms. The highest BCUT2D eigenvalue weighted by atomic mass is 32.2. The third-order valence-electron chi connectivity index (χ3n) is 6.85. The van der Waals surface area contributed by atoms with Gasteiger partial charge in [-0.15, -0.1) is 0 Å². The number of ether oxygens (including phenoxy) is 2. The fourth-order valence-corrected chi connectivity index (χ4v) is 5.77. The second-order valence-corrected chi connectivity index (χ2v) is 11.2. The maximum Gasteiger partial charge on any atom is 0.283 e. The van der Waals surface area contributed by atoms with Gasteiger partial charge in [-0.3, -0.25) is 4.98 Å². The topological polar surface area (TPSA) is 114 Å². The van der Waals surface area contributed by atoms with Crippen molar-refractivity contribution >= 4 is 20.9 Å². The predicted octanol–water partition coefficient (Wildman–Crippen LogP) is 3.23. The fourth-order valence-electron chi connectivity index (χ4n) is 4.61. The number of pyridine rings is 1. The van der Waals surface area contributed by atoms with Crippen molar-refractivity contribution < 1.29 is 17.9 Å². The molecule has 39 heavy (non-hydrogen) atoms. The molecule has 1 aliphatic heterocycles. The number of nitriles is 1. The quantitative estimate of drug-likeness (QED) is 0.292. The maximum atomic E-state index is 13.1. The minimum absolute atomic E-state index is 0.00753. The molecular formula is C28H30N6O4S. The highest BCUT2D eigenvalue weighted by molar-refractivity contribution is 7.89. The van der Waals surface area contributed by atoms with Crippen molar-refractivity contribution in [2.75, 3.05) is 53.5 Å². The van der Waals surface area contributed by atoms with Crippen molar-refractivity contribution in [1.29, 1.82) is 5.26 Å². The lowest BCUT2D eigenvalue weighted by atomic mass is 10.1. The Labute approximate surface area is 228 Å². The number of benzene rings is 2. The number of rotatable bonds is 9. The standard InChI is InChI=1S/C28H30N6O4S/c1-32-12-14-33(15-13-32)10-4-16-38-28-19-26-24(18-27(28)37-2)23(7-9-30-26)25-8-11-34(31-25)39(35,36)22-6-3-5-21(17-22)20-29/h3,5-9,11,17-19H,4,10,12-16H2,1-2H3. The first-order valence-electron chi connectivity index (χ1n) is 12.7. The summed E-state index contributed by atoms with van der Waals surface area (Å²) < 4.78 is 38.9. The van der Waals surface area contributed by atoms with E-state index in [0.717, 1.165) is 48.6 Å². The summed E-state index contributed by atoms with van der Waals surface area (Å²) in [6.45, 7) is 5.87. The number of nitrogens with zero attached hydrogens (tertiary/aromatic N) is 6. The third-order valence-corrected chi connectivity index (χ3v) is 8.39. The van der Waals surface area contributed by atoms with Crippen molar-refractivity contribution in [1.82, 2.24) is 24.0 Å². The van der Waals surface area contributed by atoms with Crippen molar-refractivity contribution in [2.45, 2.75) is 11.3 Å². The van der Waals surface area contributed by atoms with Crippen molar-refractivity contribution in [3.8, 4) is 28.8 Å². The summed E-state index contributed by atoms with van der Waals surface area (Å²) in [5, 5.41) is 14.3. The minimum atomic E-state index is -3.97. The van der Waals surface area contributed by atoms with E-state index in [4.69, 9.17) is 14.7 Å². The zero-order valence-electron chi connectivity index (χ0n) is 21.9. The van der Waals surface area contributed by atoms with Crippen LogP contribution in [0.1, 0.15) is 12.0 Å². The normalized spacial score (nSPS) is 14.8. The number of methoxy groups -OCH3 is 1. The molecule has 1 fully saturated rings. The summed E-state index contributed by atoms with van der Waals surface area (Å²) in [7, 11) is -0.230. The zero-order chi connectivity index (χ0) is 27.4. The Bertz CT molecular complexity index is 1620. The van der Waals surface area contributed by atoms with E-state index in [9.17, 15) is 8.42 Å². The smallest absolute Gasteiger partial charge is 0.283 e. The summed E-state index contributed by atoms with van der Waals surface area (Å²) >= 11 is 0. The molecule has 2 aromatic heterocycles. The molecule has 0 saturated carbocycles. The second kappa shape index (κ2) is 11.4. The Morgan fingerprint density at radius 3 is 2.64 bits per heavy atom. The van der Waals surface area contributed by atoms with Crippen LogP contribution >= 0.6 is 0 Å². The van der Waals surface area contributed by atoms with Crippen LogP contribution in [0.5, 0.6) is 11.5 Å². The average Bonchev–Trinajstić information content (AvgIpc) is 3.46. The lowest BCUT2D eigenvalue weighted by Crippen LogP contribution is -2.44. The van der Waals surface area contributed by atoms with Gasteiger partial charge in [-0.25, -0.2) is 0 Å². The van der Waals surface area contributed by atoms with Crippen LogP contribution in [0, 0.1) is 11.3 Å². The van der Waals surface area contributed by atoms with E-state index >= 15 is 0 Å². The zero-order valence-corrected chi connectivity index (χ0v) is 22.8. The summed E-state index contributed by atoms with van der Waals surface area (Å²) in [6.07, 6.45) is 3.96. The Kier molecular flexibility index (Phi) is 7.79. The van der Waals surface area contributed by atoms with Crippen molar-refractivity contribution in [3.63, 3.8) is 0 Å². The van der Waals surface area contributed by atoms with Crippen LogP contribution in [-0.4, -0.2) is 85.9 Å². The molecule has 0 bridgehead atoms. The van der Waals surface area contributed by atoms with Gasteiger partial charge in [0.1, 0.15) is 0 Å². The molecule has 0 N–H and O–H groups in total. The lowest BCUT2D eigenvalue weighted by molar-refractivity contribution is 0.145. The molecule has 0 amide bonds. The van der Waals surface area contributed by atoms with Crippen molar-refractivity contribution in [2.24, 2.45) is 0 Å². The number of piperazine rings is 1. The first-order valence-corrected chi connectivity index (χ1v) is 14.2. The van der Waals surface area contributed by atoms with Gasteiger partial charge in [0, 0.05) is 62.1 Å². The number of hydrogen-bond acceptors (Lipinski definition) is 9. The van der Waals surface area contributed by atoms with Gasteiger partial charge in [-0.2, -0.15) is 22.9 Å². The van der Waals surface area contributed by atoms with Gasteiger partial charge in [0.2, 0.25) is 0 Å². The average molecular weight is 547 g/mol. The number of likely N-dealkylation sites (N-methyl/N-ethyl adjacent to an activating group) is 1. The second-order valence-electron chi connectivity index (χ2n) is 9.44. The molecule has 0 aliphatic carbocycles. The first-order chi connectivity index (χ1) is 18.9. The van der Waals surface area contributed by atoms with Crippen LogP contribution in [0.4, 0.5) is 0 Å². The number of fused-ring (bicyclic) bond motifs is 1. The molecule has 4 aromatic rings. The van der Waals surface area contributed by atoms with Gasteiger partial charge in [0.25, 0.3) is 10.0 Å². The van der Waals surface area contributed by atoms with Crippen LogP contribution in [0.15, 0.2) is 65.8 Å². The highest BCUT2D eigenvalue weighted by Crippen LogP contribution is 2.36. The molecule has 1 saturated heterocycles. The molecule has 1 aliphatic rings. The van der Waals surface area contributed by atoms with E-state index < -0.39 is 10.0 Å². The lowest BCUT2D eigenvalue weighted by Gasteiger charge is -2.32. The molecule has 2 aromatic carbocycles. The Balaban J connectivity index is 1.36. The molecule has 5 rings (SSSR count). The van der Waals surface area contributed by atoms with E-state index in [0.29, 0.717) is 34.9 Å². The molecular weight excluding hydrogens is 516 g/mol. The first kappa shape index (κ1) is 26.6. The molecule has 202 valence electrons. The highest BCUT2D eigenvalue weighted by Gasteiger charge is 2.20. The van der Waals surface area contributed by atoms with Gasteiger partial charge in [0.05, 0.1) is 41.5 Å². The van der Waals surface area contributed by atoms with E-state index in [1.807, 2.05) is 18.2 Å². The SMILES string of the molecule is COc1cc2c(-c3ccn(S(=O)(=O)c4cccc(C#N)c4)n3)ccnc2cc1OCCCN1CCN(C)CC1. The van der Waals surface area contributed by atoms with Gasteiger partial charge in [0.15, 0.2) is 11.5 Å². The van der Waals surface area contributed by atoms with Gasteiger partial charge in [-0.1, -0.05) is 6.07 Å². The van der Waals surface area contributed by atoms with E-state index in [2.05, 4.69) is 26.9 Å². The van der Waals surface area contributed by atoms with Crippen LogP contribution in [0.25, 0.3) is 22.2 Å². The number of aromatic nitrogens is 3. The van der Waals surface area contributed by atoms with Crippen LogP contribution in [0.3, 0.4) is 0 Å². The summed E-state index contributed by atoms with van der Waals surface area (Å²) in [4.78, 5) is 9.29. The number of hydrogen-bond donors (Lipinski definition) is 0. The fraction of sp³-hybridized carbons (Fsp3) is 0.321. The summed E-state index contributed by atoms with van der Waals surface area (Å²) in [6, 6.07) is 14.9. The summed E-state index contributed by atoms with van der Waals surface area (Å²) in [5.41, 5.74) is 2.11. The monoisotopic (exact) mass is 546 g/mol. The third kappa shape index (κ3) is 5.73. The predicted molar refractivity (Wildman–Crippen MR) is 147 cm³/mol. The molecule has 0 atom stereocenters. The molecule has 10 nitrogen and oxygen atoms in total. The minimum Gasteiger partial charge on any atom is -0.493 e. The Morgan fingerprint density at radius 2 is 1.87 bits per heavy atom. The van der Waals surface area contributed by atoms with E-state index in [-0.39, 0.29) is 10.5 Å². The van der Waals surface area contributed by atoms with Crippen molar-refractivity contribution in [3.05, 3.63) is 66.5 Å². The molecule has 3 heterocycles. The summed E-state index contributed by atoms with van der Waals surface area (Å²) in [5.74, 6) is 1.18. The molecule has 0 radical (unpaired) electrons.